The topological polar surface area (TPSA) is 172 Å². The zero-order valence-electron chi connectivity index (χ0n) is 24.2. The van der Waals surface area contributed by atoms with Gasteiger partial charge in [0.15, 0.2) is 9.84 Å². The molecule has 228 valence electrons. The number of hydrogen-bond donors (Lipinski definition) is 4. The third-order valence-corrected chi connectivity index (χ3v) is 9.46. The number of halogens is 1. The Morgan fingerprint density at radius 1 is 0.978 bits per heavy atom. The van der Waals surface area contributed by atoms with Crippen molar-refractivity contribution in [3.8, 4) is 33.9 Å². The van der Waals surface area contributed by atoms with Crippen molar-refractivity contribution in [2.75, 3.05) is 11.6 Å². The molecular formula is C32H29FN8O3S. The van der Waals surface area contributed by atoms with Crippen LogP contribution in [0.15, 0.2) is 67.3 Å². The van der Waals surface area contributed by atoms with Gasteiger partial charge in [-0.05, 0) is 60.9 Å². The van der Waals surface area contributed by atoms with E-state index in [2.05, 4.69) is 35.5 Å². The highest BCUT2D eigenvalue weighted by Crippen LogP contribution is 2.35. The molecule has 1 aliphatic carbocycles. The molecule has 1 aromatic carbocycles. The van der Waals surface area contributed by atoms with Crippen molar-refractivity contribution in [1.29, 1.82) is 0 Å². The van der Waals surface area contributed by atoms with Crippen LogP contribution in [0.5, 0.6) is 0 Å². The third-order valence-electron chi connectivity index (χ3n) is 8.26. The predicted molar refractivity (Wildman–Crippen MR) is 170 cm³/mol. The van der Waals surface area contributed by atoms with Crippen LogP contribution in [0.4, 0.5) is 10.1 Å². The Bertz CT molecular complexity index is 2210. The zero-order valence-corrected chi connectivity index (χ0v) is 25.0. The lowest BCUT2D eigenvalue weighted by Gasteiger charge is -2.12. The molecule has 0 saturated heterocycles. The molecule has 7 rings (SSSR count). The largest absolute Gasteiger partial charge is 0.353 e. The molecule has 1 unspecified atom stereocenters. The maximum absolute atomic E-state index is 14.7. The highest BCUT2D eigenvalue weighted by Gasteiger charge is 2.23. The lowest BCUT2D eigenvalue weighted by Crippen LogP contribution is -2.20. The fourth-order valence-corrected chi connectivity index (χ4v) is 6.56. The number of aromatic nitrogens is 6. The summed E-state index contributed by atoms with van der Waals surface area (Å²) >= 11 is 0. The van der Waals surface area contributed by atoms with Crippen molar-refractivity contribution >= 4 is 43.2 Å². The number of sulfone groups is 1. The summed E-state index contributed by atoms with van der Waals surface area (Å²) in [6.07, 6.45) is 11.6. The zero-order chi connectivity index (χ0) is 31.3. The first kappa shape index (κ1) is 28.7. The summed E-state index contributed by atoms with van der Waals surface area (Å²) < 4.78 is 38.8. The van der Waals surface area contributed by atoms with E-state index in [9.17, 15) is 17.6 Å². The SMILES string of the molecule is CS(=O)(=O)C(N)c1cc(F)cc(-c2nccc3[nH]c(-c4n[nH]c5cnc(-c6cncc(NC(=O)C7CCCC7)c6)cc45)cc23)c1. The first-order valence-corrected chi connectivity index (χ1v) is 16.4. The number of nitrogens with one attached hydrogen (secondary N) is 3. The minimum Gasteiger partial charge on any atom is -0.353 e. The van der Waals surface area contributed by atoms with Crippen LogP contribution in [-0.4, -0.2) is 50.7 Å². The molecule has 5 heterocycles. The molecule has 0 bridgehead atoms. The number of fused-ring (bicyclic) bond motifs is 2. The van der Waals surface area contributed by atoms with Gasteiger partial charge in [0.2, 0.25) is 5.91 Å². The third kappa shape index (κ3) is 5.56. The number of aromatic amines is 2. The maximum Gasteiger partial charge on any atom is 0.227 e. The van der Waals surface area contributed by atoms with E-state index in [4.69, 9.17) is 5.73 Å². The monoisotopic (exact) mass is 624 g/mol. The normalized spacial score (nSPS) is 14.7. The number of carbonyl (C=O) groups is 1. The average molecular weight is 625 g/mol. The second kappa shape index (κ2) is 11.2. The van der Waals surface area contributed by atoms with E-state index in [0.717, 1.165) is 54.5 Å². The number of amides is 1. The molecule has 1 aliphatic rings. The molecule has 1 saturated carbocycles. The van der Waals surface area contributed by atoms with Gasteiger partial charge in [0.05, 0.1) is 40.7 Å². The van der Waals surface area contributed by atoms with Crippen LogP contribution in [0.2, 0.25) is 0 Å². The summed E-state index contributed by atoms with van der Waals surface area (Å²) in [5.74, 6) is -0.560. The molecule has 0 radical (unpaired) electrons. The lowest BCUT2D eigenvalue weighted by molar-refractivity contribution is -0.119. The number of nitrogens with zero attached hydrogens (tertiary/aromatic N) is 4. The molecule has 5 N–H and O–H groups in total. The summed E-state index contributed by atoms with van der Waals surface area (Å²) in [6, 6.07) is 11.4. The molecule has 45 heavy (non-hydrogen) atoms. The van der Waals surface area contributed by atoms with Crippen LogP contribution in [-0.2, 0) is 14.6 Å². The van der Waals surface area contributed by atoms with Crippen molar-refractivity contribution in [3.63, 3.8) is 0 Å². The quantitative estimate of drug-likeness (QED) is 0.180. The van der Waals surface area contributed by atoms with Crippen molar-refractivity contribution in [3.05, 3.63) is 78.6 Å². The summed E-state index contributed by atoms with van der Waals surface area (Å²) in [4.78, 5) is 29.5. The van der Waals surface area contributed by atoms with Gasteiger partial charge < -0.3 is 16.0 Å². The molecule has 6 aromatic rings. The Labute approximate surface area is 257 Å². The average Bonchev–Trinajstić information content (AvgIpc) is 3.79. The van der Waals surface area contributed by atoms with Gasteiger partial charge in [0.25, 0.3) is 0 Å². The highest BCUT2D eigenvalue weighted by molar-refractivity contribution is 7.90. The lowest BCUT2D eigenvalue weighted by atomic mass is 10.0. The van der Waals surface area contributed by atoms with Crippen molar-refractivity contribution in [2.45, 2.75) is 31.1 Å². The van der Waals surface area contributed by atoms with Crippen LogP contribution in [0.25, 0.3) is 55.7 Å². The second-order valence-electron chi connectivity index (χ2n) is 11.4. The van der Waals surface area contributed by atoms with Gasteiger partial charge in [-0.1, -0.05) is 12.8 Å². The van der Waals surface area contributed by atoms with E-state index in [0.29, 0.717) is 44.9 Å². The van der Waals surface area contributed by atoms with E-state index < -0.39 is 21.0 Å². The van der Waals surface area contributed by atoms with Crippen molar-refractivity contribution in [2.24, 2.45) is 11.7 Å². The predicted octanol–water partition coefficient (Wildman–Crippen LogP) is 5.50. The molecule has 13 heteroatoms. The van der Waals surface area contributed by atoms with E-state index in [1.54, 1.807) is 36.9 Å². The Morgan fingerprint density at radius 2 is 1.78 bits per heavy atom. The minimum atomic E-state index is -3.65. The van der Waals surface area contributed by atoms with Crippen LogP contribution in [0, 0.1) is 11.7 Å². The number of benzene rings is 1. The van der Waals surface area contributed by atoms with Gasteiger partial charge in [-0.3, -0.25) is 24.8 Å². The number of rotatable bonds is 7. The number of H-pyrrole nitrogens is 2. The Hall–Kier alpha value is -5.01. The molecule has 5 aromatic heterocycles. The first-order chi connectivity index (χ1) is 21.6. The van der Waals surface area contributed by atoms with Crippen molar-refractivity contribution < 1.29 is 17.6 Å². The number of carbonyl (C=O) groups excluding carboxylic acids is 1. The molecule has 0 spiro atoms. The van der Waals surface area contributed by atoms with Gasteiger partial charge in [-0.25, -0.2) is 12.8 Å². The van der Waals surface area contributed by atoms with E-state index in [1.807, 2.05) is 18.2 Å². The van der Waals surface area contributed by atoms with Gasteiger partial charge in [-0.2, -0.15) is 5.10 Å². The van der Waals surface area contributed by atoms with E-state index >= 15 is 0 Å². The molecule has 11 nitrogen and oxygen atoms in total. The van der Waals surface area contributed by atoms with E-state index in [-0.39, 0.29) is 17.4 Å². The van der Waals surface area contributed by atoms with Gasteiger partial charge in [0, 0.05) is 52.0 Å². The Kier molecular flexibility index (Phi) is 7.13. The summed E-state index contributed by atoms with van der Waals surface area (Å²) in [5.41, 5.74) is 11.7. The number of anilines is 1. The van der Waals surface area contributed by atoms with Gasteiger partial charge in [-0.15, -0.1) is 0 Å². The van der Waals surface area contributed by atoms with Crippen LogP contribution in [0.1, 0.15) is 36.6 Å². The fraction of sp³-hybridized carbons (Fsp3) is 0.219. The molecule has 0 aliphatic heterocycles. The maximum atomic E-state index is 14.7. The van der Waals surface area contributed by atoms with Crippen LogP contribution in [0.3, 0.4) is 0 Å². The number of pyridine rings is 3. The van der Waals surface area contributed by atoms with Crippen molar-refractivity contribution in [1.82, 2.24) is 30.1 Å². The van der Waals surface area contributed by atoms with Gasteiger partial charge in [0.1, 0.15) is 16.9 Å². The first-order valence-electron chi connectivity index (χ1n) is 14.5. The number of nitrogens with two attached hydrogens (primary N) is 1. The highest BCUT2D eigenvalue weighted by atomic mass is 32.2. The molecular weight excluding hydrogens is 595 g/mol. The smallest absolute Gasteiger partial charge is 0.227 e. The van der Waals surface area contributed by atoms with Gasteiger partial charge >= 0.3 is 0 Å². The standard InChI is InChI=1S/C32H29FN8O3S/c1-45(43,44)31(34)19-8-18(9-21(33)10-19)29-23-13-27(39-25(23)6-7-36-29)30-24-12-26(37-16-28(24)40-41-30)20-11-22(15-35-14-20)38-32(42)17-4-2-3-5-17/h6-17,31,39H,2-5,34H2,1H3,(H,38,42)(H,40,41). The Balaban J connectivity index is 1.25. The minimum absolute atomic E-state index is 0.0207. The summed E-state index contributed by atoms with van der Waals surface area (Å²) in [5, 5.41) is 10.7. The Morgan fingerprint density at radius 3 is 2.58 bits per heavy atom. The molecule has 1 amide bonds. The number of hydrogen-bond acceptors (Lipinski definition) is 8. The summed E-state index contributed by atoms with van der Waals surface area (Å²) in [6.45, 7) is 0. The molecule has 1 fully saturated rings. The van der Waals surface area contributed by atoms with Crippen LogP contribution < -0.4 is 11.1 Å². The van der Waals surface area contributed by atoms with Crippen LogP contribution >= 0.6 is 0 Å². The van der Waals surface area contributed by atoms with E-state index in [1.165, 1.54) is 6.07 Å². The second-order valence-corrected chi connectivity index (χ2v) is 13.6. The summed E-state index contributed by atoms with van der Waals surface area (Å²) in [7, 11) is -3.65. The molecule has 1 atom stereocenters. The fourth-order valence-electron chi connectivity index (χ4n) is 5.93.